The van der Waals surface area contributed by atoms with Crippen LogP contribution in [0.15, 0.2) is 48.7 Å². The summed E-state index contributed by atoms with van der Waals surface area (Å²) in [4.78, 5) is 16.2. The number of carbonyl (C=O) groups excluding carboxylic acids is 1. The second-order valence-corrected chi connectivity index (χ2v) is 5.68. The summed E-state index contributed by atoms with van der Waals surface area (Å²) in [5, 5.41) is 2.86. The highest BCUT2D eigenvalue weighted by atomic mass is 16.5. The van der Waals surface area contributed by atoms with Crippen molar-refractivity contribution in [2.45, 2.75) is 26.7 Å². The summed E-state index contributed by atoms with van der Waals surface area (Å²) in [6, 6.07) is 11.4. The average molecular weight is 354 g/mol. The molecule has 0 saturated carbocycles. The van der Waals surface area contributed by atoms with E-state index in [1.165, 1.54) is 6.08 Å². The number of pyridine rings is 1. The van der Waals surface area contributed by atoms with Crippen molar-refractivity contribution in [3.8, 4) is 11.5 Å². The van der Waals surface area contributed by atoms with Gasteiger partial charge in [0.05, 0.1) is 13.2 Å². The highest BCUT2D eigenvalue weighted by Crippen LogP contribution is 2.29. The van der Waals surface area contributed by atoms with Crippen LogP contribution < -0.4 is 14.8 Å². The first-order valence-electron chi connectivity index (χ1n) is 8.98. The van der Waals surface area contributed by atoms with Crippen LogP contribution in [0.25, 0.3) is 6.08 Å². The molecule has 0 unspecified atom stereocenters. The summed E-state index contributed by atoms with van der Waals surface area (Å²) in [7, 11) is 0. The van der Waals surface area contributed by atoms with Gasteiger partial charge in [0.25, 0.3) is 0 Å². The minimum atomic E-state index is -0.134. The van der Waals surface area contributed by atoms with Crippen LogP contribution in [-0.4, -0.2) is 30.6 Å². The lowest BCUT2D eigenvalue weighted by molar-refractivity contribution is -0.116. The van der Waals surface area contributed by atoms with Gasteiger partial charge in [-0.3, -0.25) is 9.78 Å². The molecule has 5 heteroatoms. The van der Waals surface area contributed by atoms with Crippen LogP contribution in [0.4, 0.5) is 0 Å². The molecule has 0 fully saturated rings. The molecule has 26 heavy (non-hydrogen) atoms. The molecule has 2 aromatic rings. The number of ether oxygens (including phenoxy) is 2. The Morgan fingerprint density at radius 3 is 2.77 bits per heavy atom. The number of benzene rings is 1. The molecule has 0 saturated heterocycles. The fourth-order valence-electron chi connectivity index (χ4n) is 2.32. The van der Waals surface area contributed by atoms with Gasteiger partial charge in [0.2, 0.25) is 5.91 Å². The zero-order valence-corrected chi connectivity index (χ0v) is 15.4. The first kappa shape index (κ1) is 19.5. The Labute approximate surface area is 155 Å². The van der Waals surface area contributed by atoms with Gasteiger partial charge in [0.15, 0.2) is 11.5 Å². The highest BCUT2D eigenvalue weighted by molar-refractivity contribution is 5.91. The van der Waals surface area contributed by atoms with Crippen LogP contribution in [0.3, 0.4) is 0 Å². The van der Waals surface area contributed by atoms with Crippen molar-refractivity contribution in [1.82, 2.24) is 10.3 Å². The van der Waals surface area contributed by atoms with Gasteiger partial charge in [-0.1, -0.05) is 19.1 Å². The topological polar surface area (TPSA) is 60.5 Å². The Hall–Kier alpha value is -2.82. The second-order valence-electron chi connectivity index (χ2n) is 5.68. The van der Waals surface area contributed by atoms with Gasteiger partial charge in [-0.15, -0.1) is 0 Å². The van der Waals surface area contributed by atoms with E-state index in [-0.39, 0.29) is 5.91 Å². The number of nitrogens with zero attached hydrogens (tertiary/aromatic N) is 1. The zero-order chi connectivity index (χ0) is 18.6. The summed E-state index contributed by atoms with van der Waals surface area (Å²) in [5.41, 5.74) is 1.85. The molecule has 0 aliphatic rings. The standard InChI is InChI=1S/C21H26N2O3/c1-3-15-26-19-10-8-17(16-20(19)25-4-2)9-11-21(24)23-14-12-18-7-5-6-13-22-18/h5-11,13,16H,3-4,12,14-15H2,1-2H3,(H,23,24)/b11-9+. The monoisotopic (exact) mass is 354 g/mol. The lowest BCUT2D eigenvalue weighted by atomic mass is 10.2. The first-order chi connectivity index (χ1) is 12.7. The maximum absolute atomic E-state index is 12.0. The van der Waals surface area contributed by atoms with Crippen LogP contribution in [0, 0.1) is 0 Å². The Bertz CT molecular complexity index is 714. The molecule has 0 radical (unpaired) electrons. The molecule has 138 valence electrons. The number of carbonyl (C=O) groups is 1. The maximum Gasteiger partial charge on any atom is 0.244 e. The third kappa shape index (κ3) is 6.59. The quantitative estimate of drug-likeness (QED) is 0.662. The molecule has 1 aromatic heterocycles. The Kier molecular flexibility index (Phi) is 8.19. The Morgan fingerprint density at radius 1 is 1.15 bits per heavy atom. The van der Waals surface area contributed by atoms with Crippen LogP contribution in [-0.2, 0) is 11.2 Å². The van der Waals surface area contributed by atoms with Crippen molar-refractivity contribution in [2.75, 3.05) is 19.8 Å². The van der Waals surface area contributed by atoms with Gasteiger partial charge in [-0.05, 0) is 49.2 Å². The molecule has 5 nitrogen and oxygen atoms in total. The van der Waals surface area contributed by atoms with Crippen LogP contribution in [0.2, 0.25) is 0 Å². The van der Waals surface area contributed by atoms with Crippen molar-refractivity contribution >= 4 is 12.0 Å². The molecule has 1 aromatic carbocycles. The number of rotatable bonds is 10. The van der Waals surface area contributed by atoms with E-state index < -0.39 is 0 Å². The third-order valence-electron chi connectivity index (χ3n) is 3.56. The van der Waals surface area contributed by atoms with E-state index in [1.54, 1.807) is 12.3 Å². The Morgan fingerprint density at radius 2 is 2.04 bits per heavy atom. The summed E-state index contributed by atoms with van der Waals surface area (Å²) in [6.07, 6.45) is 6.68. The number of nitrogens with one attached hydrogen (secondary N) is 1. The SMILES string of the molecule is CCCOc1ccc(/C=C/C(=O)NCCc2ccccn2)cc1OCC. The molecule has 0 aliphatic carbocycles. The fraction of sp³-hybridized carbons (Fsp3) is 0.333. The average Bonchev–Trinajstić information content (AvgIpc) is 2.67. The van der Waals surface area contributed by atoms with Crippen LogP contribution in [0.1, 0.15) is 31.5 Å². The van der Waals surface area contributed by atoms with Crippen molar-refractivity contribution < 1.29 is 14.3 Å². The zero-order valence-electron chi connectivity index (χ0n) is 15.4. The van der Waals surface area contributed by atoms with E-state index in [2.05, 4.69) is 17.2 Å². The number of hydrogen-bond acceptors (Lipinski definition) is 4. The molecular formula is C21H26N2O3. The molecular weight excluding hydrogens is 328 g/mol. The van der Waals surface area contributed by atoms with E-state index in [9.17, 15) is 4.79 Å². The van der Waals surface area contributed by atoms with Gasteiger partial charge in [0, 0.05) is 30.9 Å². The highest BCUT2D eigenvalue weighted by Gasteiger charge is 2.05. The first-order valence-corrected chi connectivity index (χ1v) is 8.98. The van der Waals surface area contributed by atoms with Gasteiger partial charge < -0.3 is 14.8 Å². The van der Waals surface area contributed by atoms with Crippen molar-refractivity contribution in [1.29, 1.82) is 0 Å². The minimum absolute atomic E-state index is 0.134. The fourth-order valence-corrected chi connectivity index (χ4v) is 2.32. The summed E-state index contributed by atoms with van der Waals surface area (Å²) >= 11 is 0. The third-order valence-corrected chi connectivity index (χ3v) is 3.56. The Balaban J connectivity index is 1.89. The van der Waals surface area contributed by atoms with Gasteiger partial charge in [-0.2, -0.15) is 0 Å². The molecule has 0 bridgehead atoms. The molecule has 1 N–H and O–H groups in total. The van der Waals surface area contributed by atoms with Crippen molar-refractivity contribution in [3.63, 3.8) is 0 Å². The predicted octanol–water partition coefficient (Wildman–Crippen LogP) is 3.64. The smallest absolute Gasteiger partial charge is 0.244 e. The van der Waals surface area contributed by atoms with Crippen LogP contribution >= 0.6 is 0 Å². The minimum Gasteiger partial charge on any atom is -0.490 e. The molecule has 0 atom stereocenters. The van der Waals surface area contributed by atoms with Gasteiger partial charge in [-0.25, -0.2) is 0 Å². The van der Waals surface area contributed by atoms with E-state index >= 15 is 0 Å². The summed E-state index contributed by atoms with van der Waals surface area (Å²) in [6.45, 7) is 5.75. The molecule has 1 heterocycles. The molecule has 0 spiro atoms. The van der Waals surface area contributed by atoms with Crippen LogP contribution in [0.5, 0.6) is 11.5 Å². The van der Waals surface area contributed by atoms with Crippen molar-refractivity contribution in [3.05, 3.63) is 59.9 Å². The molecule has 0 aliphatic heterocycles. The van der Waals surface area contributed by atoms with Gasteiger partial charge >= 0.3 is 0 Å². The van der Waals surface area contributed by atoms with E-state index in [4.69, 9.17) is 9.47 Å². The number of amides is 1. The van der Waals surface area contributed by atoms with E-state index in [0.717, 1.165) is 23.4 Å². The largest absolute Gasteiger partial charge is 0.490 e. The summed E-state index contributed by atoms with van der Waals surface area (Å²) in [5.74, 6) is 1.29. The molecule has 2 rings (SSSR count). The number of hydrogen-bond donors (Lipinski definition) is 1. The van der Waals surface area contributed by atoms with Gasteiger partial charge in [0.1, 0.15) is 0 Å². The number of aromatic nitrogens is 1. The molecule has 1 amide bonds. The van der Waals surface area contributed by atoms with E-state index in [1.807, 2.05) is 43.3 Å². The van der Waals surface area contributed by atoms with E-state index in [0.29, 0.717) is 31.9 Å². The second kappa shape index (κ2) is 10.9. The predicted molar refractivity (Wildman–Crippen MR) is 103 cm³/mol. The lowest BCUT2D eigenvalue weighted by Crippen LogP contribution is -2.23. The maximum atomic E-state index is 12.0. The normalized spacial score (nSPS) is 10.7. The lowest BCUT2D eigenvalue weighted by Gasteiger charge is -2.12. The summed E-state index contributed by atoms with van der Waals surface area (Å²) < 4.78 is 11.3. The van der Waals surface area contributed by atoms with Crippen molar-refractivity contribution in [2.24, 2.45) is 0 Å².